The summed E-state index contributed by atoms with van der Waals surface area (Å²) in [6.07, 6.45) is 4.17. The molecule has 19 heavy (non-hydrogen) atoms. The molecule has 0 saturated heterocycles. The maximum Gasteiger partial charge on any atom is 0.236 e. The molecule has 100 valence electrons. The first-order valence-corrected chi connectivity index (χ1v) is 7.67. The normalized spacial score (nSPS) is 32.6. The number of allylic oxidation sites excluding steroid dienone is 1. The number of fused-ring (bicyclic) bond motifs is 2. The smallest absolute Gasteiger partial charge is 0.236 e. The summed E-state index contributed by atoms with van der Waals surface area (Å²) in [5.74, 6) is -0.478. The molecule has 1 aromatic carbocycles. The van der Waals surface area contributed by atoms with E-state index in [0.29, 0.717) is 6.42 Å². The van der Waals surface area contributed by atoms with E-state index < -0.39 is 26.1 Å². The summed E-state index contributed by atoms with van der Waals surface area (Å²) in [5, 5.41) is 10.3. The number of nitro groups is 1. The van der Waals surface area contributed by atoms with Gasteiger partial charge in [-0.3, -0.25) is 10.1 Å². The molecular weight excluding hydrogens is 266 g/mol. The number of hydrogen-bond donors (Lipinski definition) is 0. The van der Waals surface area contributed by atoms with Gasteiger partial charge in [0.05, 0.1) is 4.90 Å². The molecule has 0 heterocycles. The molecule has 0 N–H and O–H groups in total. The van der Waals surface area contributed by atoms with Gasteiger partial charge in [-0.25, -0.2) is 8.42 Å². The number of sulfone groups is 1. The van der Waals surface area contributed by atoms with Crippen LogP contribution in [0.25, 0.3) is 0 Å². The second kappa shape index (κ2) is 4.16. The second-order valence-electron chi connectivity index (χ2n) is 5.05. The second-order valence-corrected chi connectivity index (χ2v) is 7.15. The van der Waals surface area contributed by atoms with Gasteiger partial charge in [-0.1, -0.05) is 30.4 Å². The molecule has 0 spiro atoms. The van der Waals surface area contributed by atoms with E-state index in [1.54, 1.807) is 24.3 Å². The highest BCUT2D eigenvalue weighted by Crippen LogP contribution is 2.45. The first-order chi connectivity index (χ1) is 9.01. The van der Waals surface area contributed by atoms with Gasteiger partial charge in [0.15, 0.2) is 9.84 Å². The summed E-state index contributed by atoms with van der Waals surface area (Å²) < 4.78 is 25.2. The van der Waals surface area contributed by atoms with E-state index in [9.17, 15) is 18.5 Å². The largest absolute Gasteiger partial charge is 0.264 e. The van der Waals surface area contributed by atoms with Crippen molar-refractivity contribution in [3.05, 3.63) is 52.6 Å². The topological polar surface area (TPSA) is 77.3 Å². The highest BCUT2D eigenvalue weighted by molar-refractivity contribution is 7.92. The van der Waals surface area contributed by atoms with E-state index in [1.807, 2.05) is 6.08 Å². The third-order valence-corrected chi connectivity index (χ3v) is 6.29. The summed E-state index contributed by atoms with van der Waals surface area (Å²) in [7, 11) is -3.66. The minimum absolute atomic E-state index is 0.174. The molecule has 4 unspecified atom stereocenters. The van der Waals surface area contributed by atoms with Crippen molar-refractivity contribution in [3.8, 4) is 0 Å². The van der Waals surface area contributed by atoms with Gasteiger partial charge in [-0.2, -0.15) is 0 Å². The van der Waals surface area contributed by atoms with Gasteiger partial charge in [-0.15, -0.1) is 0 Å². The third-order valence-electron chi connectivity index (χ3n) is 4.02. The molecule has 2 aliphatic carbocycles. The summed E-state index contributed by atoms with van der Waals surface area (Å²) in [5.41, 5.74) is 0. The van der Waals surface area contributed by atoms with Crippen molar-refractivity contribution in [1.29, 1.82) is 0 Å². The fraction of sp³-hybridized carbons (Fsp3) is 0.385. The highest BCUT2D eigenvalue weighted by Gasteiger charge is 2.57. The molecule has 0 radical (unpaired) electrons. The quantitative estimate of drug-likeness (QED) is 0.479. The molecule has 3 rings (SSSR count). The highest BCUT2D eigenvalue weighted by atomic mass is 32.2. The van der Waals surface area contributed by atoms with E-state index in [2.05, 4.69) is 0 Å². The zero-order chi connectivity index (χ0) is 13.6. The molecule has 2 aliphatic rings. The van der Waals surface area contributed by atoms with Crippen LogP contribution in [0.3, 0.4) is 0 Å². The lowest BCUT2D eigenvalue weighted by molar-refractivity contribution is -0.525. The summed E-state index contributed by atoms with van der Waals surface area (Å²) in [6, 6.07) is 6.99. The van der Waals surface area contributed by atoms with Gasteiger partial charge in [0.25, 0.3) is 0 Å². The molecule has 6 heteroatoms. The molecular formula is C13H13NO4S. The Balaban J connectivity index is 2.06. The van der Waals surface area contributed by atoms with Gasteiger partial charge in [-0.05, 0) is 18.6 Å². The molecule has 5 nitrogen and oxygen atoms in total. The van der Waals surface area contributed by atoms with Crippen LogP contribution in [0.2, 0.25) is 0 Å². The zero-order valence-corrected chi connectivity index (χ0v) is 10.9. The van der Waals surface area contributed by atoms with Gasteiger partial charge in [0.2, 0.25) is 6.04 Å². The molecule has 1 fully saturated rings. The standard InChI is InChI=1S/C13H13NO4S/c15-14(16)12-9-6-7-10(8-9)13(12)19(17,18)11-4-2-1-3-5-11/h1-7,9-10,12-13H,8H2. The molecule has 1 saturated carbocycles. The van der Waals surface area contributed by atoms with Crippen molar-refractivity contribution >= 4 is 9.84 Å². The van der Waals surface area contributed by atoms with Crippen molar-refractivity contribution in [2.24, 2.45) is 11.8 Å². The Bertz CT molecular complexity index is 638. The van der Waals surface area contributed by atoms with Crippen molar-refractivity contribution in [2.75, 3.05) is 0 Å². The van der Waals surface area contributed by atoms with E-state index in [0.717, 1.165) is 0 Å². The Hall–Kier alpha value is -1.69. The van der Waals surface area contributed by atoms with E-state index >= 15 is 0 Å². The van der Waals surface area contributed by atoms with Crippen molar-refractivity contribution < 1.29 is 13.3 Å². The molecule has 2 bridgehead atoms. The van der Waals surface area contributed by atoms with Crippen LogP contribution in [0.4, 0.5) is 0 Å². The molecule has 0 aliphatic heterocycles. The van der Waals surface area contributed by atoms with Crippen molar-refractivity contribution in [3.63, 3.8) is 0 Å². The summed E-state index contributed by atoms with van der Waals surface area (Å²) in [6.45, 7) is 0. The monoisotopic (exact) mass is 279 g/mol. The minimum atomic E-state index is -3.66. The maximum atomic E-state index is 12.6. The fourth-order valence-corrected chi connectivity index (χ4v) is 5.39. The molecule has 0 amide bonds. The SMILES string of the molecule is O=[N+]([O-])C1C2C=CC(C2)C1S(=O)(=O)c1ccccc1. The van der Waals surface area contributed by atoms with E-state index in [4.69, 9.17) is 0 Å². The van der Waals surface area contributed by atoms with Crippen LogP contribution in [-0.4, -0.2) is 24.6 Å². The number of rotatable bonds is 3. The lowest BCUT2D eigenvalue weighted by atomic mass is 10.0. The van der Waals surface area contributed by atoms with E-state index in [-0.39, 0.29) is 16.7 Å². The Morgan fingerprint density at radius 3 is 2.37 bits per heavy atom. The first-order valence-electron chi connectivity index (χ1n) is 6.12. The lowest BCUT2D eigenvalue weighted by Crippen LogP contribution is -2.42. The van der Waals surface area contributed by atoms with Gasteiger partial charge < -0.3 is 0 Å². The Morgan fingerprint density at radius 1 is 1.11 bits per heavy atom. The number of benzene rings is 1. The van der Waals surface area contributed by atoms with Gasteiger partial charge >= 0.3 is 0 Å². The van der Waals surface area contributed by atoms with Crippen LogP contribution in [0, 0.1) is 22.0 Å². The van der Waals surface area contributed by atoms with Crippen molar-refractivity contribution in [2.45, 2.75) is 22.6 Å². The molecule has 0 aromatic heterocycles. The predicted molar refractivity (Wildman–Crippen MR) is 68.9 cm³/mol. The maximum absolute atomic E-state index is 12.6. The molecule has 4 atom stereocenters. The predicted octanol–water partition coefficient (Wildman–Crippen LogP) is 1.68. The Kier molecular flexibility index (Phi) is 2.70. The molecule has 1 aromatic rings. The summed E-state index contributed by atoms with van der Waals surface area (Å²) in [4.78, 5) is 10.9. The third kappa shape index (κ3) is 1.78. The van der Waals surface area contributed by atoms with Gasteiger partial charge in [0.1, 0.15) is 5.25 Å². The lowest BCUT2D eigenvalue weighted by Gasteiger charge is -2.21. The van der Waals surface area contributed by atoms with Crippen LogP contribution in [0.5, 0.6) is 0 Å². The fourth-order valence-electron chi connectivity index (χ4n) is 3.21. The van der Waals surface area contributed by atoms with Crippen LogP contribution in [-0.2, 0) is 9.84 Å². The van der Waals surface area contributed by atoms with Gasteiger partial charge in [0, 0.05) is 16.8 Å². The Morgan fingerprint density at radius 2 is 1.74 bits per heavy atom. The average Bonchev–Trinajstić information content (AvgIpc) is 3.00. The van der Waals surface area contributed by atoms with Crippen LogP contribution >= 0.6 is 0 Å². The summed E-state index contributed by atoms with van der Waals surface area (Å²) >= 11 is 0. The van der Waals surface area contributed by atoms with Crippen molar-refractivity contribution in [1.82, 2.24) is 0 Å². The van der Waals surface area contributed by atoms with E-state index in [1.165, 1.54) is 12.1 Å². The van der Waals surface area contributed by atoms with Crippen LogP contribution in [0.15, 0.2) is 47.4 Å². The average molecular weight is 279 g/mol. The zero-order valence-electron chi connectivity index (χ0n) is 10.0. The first kappa shape index (κ1) is 12.3. The Labute approximate surface area is 111 Å². The minimum Gasteiger partial charge on any atom is -0.264 e. The number of nitrogens with zero attached hydrogens (tertiary/aromatic N) is 1. The number of hydrogen-bond acceptors (Lipinski definition) is 4. The van der Waals surface area contributed by atoms with Crippen LogP contribution < -0.4 is 0 Å². The van der Waals surface area contributed by atoms with Crippen LogP contribution in [0.1, 0.15) is 6.42 Å².